The average Bonchev–Trinajstić information content (AvgIpc) is 3.58. The van der Waals surface area contributed by atoms with Crippen molar-refractivity contribution < 1.29 is 27.2 Å². The van der Waals surface area contributed by atoms with Gasteiger partial charge in [0.2, 0.25) is 11.8 Å². The van der Waals surface area contributed by atoms with E-state index in [0.717, 1.165) is 30.7 Å². The number of thioether (sulfide) groups is 1. The first-order chi connectivity index (χ1) is 16.3. The first kappa shape index (κ1) is 23.7. The highest BCUT2D eigenvalue weighted by Crippen LogP contribution is 2.42. The number of nitrogens with zero attached hydrogens (tertiary/aromatic N) is 3. The minimum Gasteiger partial charge on any atom is -0.346 e. The second-order valence-electron chi connectivity index (χ2n) is 7.64. The average molecular weight is 493 g/mol. The topological polar surface area (TPSA) is 88.9 Å². The molecule has 1 aromatic heterocycles. The first-order valence-corrected chi connectivity index (χ1v) is 11.2. The Labute approximate surface area is 195 Å². The third kappa shape index (κ3) is 5.06. The molecule has 12 heteroatoms. The number of amides is 2. The Hall–Kier alpha value is -3.41. The van der Waals surface area contributed by atoms with Crippen molar-refractivity contribution in [2.75, 3.05) is 11.9 Å². The van der Waals surface area contributed by atoms with Crippen molar-refractivity contribution in [3.8, 4) is 11.4 Å². The van der Waals surface area contributed by atoms with E-state index in [0.29, 0.717) is 22.6 Å². The van der Waals surface area contributed by atoms with Gasteiger partial charge < -0.3 is 10.6 Å². The number of anilines is 1. The van der Waals surface area contributed by atoms with E-state index >= 15 is 0 Å². The molecule has 4 rings (SSSR count). The minimum atomic E-state index is -1.71. The zero-order chi connectivity index (χ0) is 24.4. The van der Waals surface area contributed by atoms with Gasteiger partial charge in [-0.05, 0) is 44.0 Å². The van der Waals surface area contributed by atoms with Crippen molar-refractivity contribution >= 4 is 29.3 Å². The molecule has 3 aromatic rings. The molecule has 1 fully saturated rings. The molecule has 1 saturated carbocycles. The van der Waals surface area contributed by atoms with Crippen molar-refractivity contribution in [2.24, 2.45) is 0 Å². The Kier molecular flexibility index (Phi) is 6.87. The smallest absolute Gasteiger partial charge is 0.243 e. The summed E-state index contributed by atoms with van der Waals surface area (Å²) in [5, 5.41) is 12.5. The van der Waals surface area contributed by atoms with Crippen LogP contribution in [0.3, 0.4) is 0 Å². The molecule has 1 atom stereocenters. The summed E-state index contributed by atoms with van der Waals surface area (Å²) in [5.41, 5.74) is -0.231. The lowest BCUT2D eigenvalue weighted by molar-refractivity contribution is -0.123. The summed E-state index contributed by atoms with van der Waals surface area (Å²) in [6.45, 7) is 1.08. The van der Waals surface area contributed by atoms with Crippen molar-refractivity contribution in [1.82, 2.24) is 20.1 Å². The second-order valence-corrected chi connectivity index (χ2v) is 8.94. The molecule has 7 nitrogen and oxygen atoms in total. The Bertz CT molecular complexity index is 1250. The molecule has 2 N–H and O–H groups in total. The Morgan fingerprint density at radius 1 is 1.06 bits per heavy atom. The normalized spacial score (nSPS) is 14.0. The van der Waals surface area contributed by atoms with Crippen LogP contribution in [0.2, 0.25) is 0 Å². The fraction of sp³-hybridized carbons (Fsp3) is 0.273. The molecule has 1 aliphatic rings. The monoisotopic (exact) mass is 493 g/mol. The van der Waals surface area contributed by atoms with E-state index < -0.39 is 52.6 Å². The van der Waals surface area contributed by atoms with Crippen LogP contribution in [0.1, 0.15) is 25.8 Å². The van der Waals surface area contributed by atoms with Gasteiger partial charge in [0.15, 0.2) is 28.4 Å². The van der Waals surface area contributed by atoms with Crippen molar-refractivity contribution in [2.45, 2.75) is 36.2 Å². The highest BCUT2D eigenvalue weighted by molar-refractivity contribution is 8.00. The lowest BCUT2D eigenvalue weighted by Crippen LogP contribution is -2.37. The number of nitrogens with one attached hydrogen (secondary N) is 2. The number of rotatable bonds is 8. The zero-order valence-electron chi connectivity index (χ0n) is 17.8. The number of hydrogen-bond donors (Lipinski definition) is 2. The quantitative estimate of drug-likeness (QED) is 0.281. The standard InChI is InChI=1S/C22H19F4N5O2S/c1-11(21(33)27-10-17(32)28-16-9-8-15(24)18(25)19(16)26)34-22-30-29-20(31(22)12-6-7-12)13-4-2-3-5-14(13)23/h2-5,8-9,11-12H,6-7,10H2,1H3,(H,27,33)(H,28,32). The molecule has 0 saturated heterocycles. The van der Waals surface area contributed by atoms with Gasteiger partial charge in [0.05, 0.1) is 23.0 Å². The van der Waals surface area contributed by atoms with E-state index in [1.165, 1.54) is 6.07 Å². The predicted octanol–water partition coefficient (Wildman–Crippen LogP) is 4.07. The van der Waals surface area contributed by atoms with Gasteiger partial charge in [0.25, 0.3) is 0 Å². The van der Waals surface area contributed by atoms with E-state index in [1.807, 2.05) is 4.57 Å². The van der Waals surface area contributed by atoms with Crippen LogP contribution in [0.25, 0.3) is 11.4 Å². The minimum absolute atomic E-state index is 0.110. The lowest BCUT2D eigenvalue weighted by atomic mass is 10.2. The first-order valence-electron chi connectivity index (χ1n) is 10.3. The van der Waals surface area contributed by atoms with Crippen LogP contribution < -0.4 is 10.6 Å². The van der Waals surface area contributed by atoms with Crippen LogP contribution >= 0.6 is 11.8 Å². The fourth-order valence-corrected chi connectivity index (χ4v) is 4.13. The van der Waals surface area contributed by atoms with E-state index in [4.69, 9.17) is 0 Å². The Morgan fingerprint density at radius 3 is 2.50 bits per heavy atom. The molecule has 0 spiro atoms. The van der Waals surface area contributed by atoms with Gasteiger partial charge in [0, 0.05) is 6.04 Å². The van der Waals surface area contributed by atoms with Crippen molar-refractivity contribution in [3.63, 3.8) is 0 Å². The highest BCUT2D eigenvalue weighted by Gasteiger charge is 2.32. The fourth-order valence-electron chi connectivity index (χ4n) is 3.19. The SMILES string of the molecule is CC(Sc1nnc(-c2ccccc2F)n1C1CC1)C(=O)NCC(=O)Nc1ccc(F)c(F)c1F. The van der Waals surface area contributed by atoms with Crippen LogP contribution in [0, 0.1) is 23.3 Å². The Morgan fingerprint density at radius 2 is 1.79 bits per heavy atom. The number of carbonyl (C=O) groups excluding carboxylic acids is 2. The number of benzene rings is 2. The van der Waals surface area contributed by atoms with Crippen molar-refractivity contribution in [1.29, 1.82) is 0 Å². The van der Waals surface area contributed by atoms with Gasteiger partial charge >= 0.3 is 0 Å². The summed E-state index contributed by atoms with van der Waals surface area (Å²) >= 11 is 1.10. The van der Waals surface area contributed by atoms with Gasteiger partial charge in [-0.1, -0.05) is 23.9 Å². The summed E-state index contributed by atoms with van der Waals surface area (Å²) in [6, 6.07) is 7.89. The molecule has 178 valence electrons. The van der Waals surface area contributed by atoms with Crippen LogP contribution in [0.4, 0.5) is 23.2 Å². The molecule has 2 amide bonds. The van der Waals surface area contributed by atoms with Crippen LogP contribution in [-0.4, -0.2) is 38.4 Å². The van der Waals surface area contributed by atoms with Crippen LogP contribution in [0.15, 0.2) is 41.6 Å². The van der Waals surface area contributed by atoms with E-state index in [-0.39, 0.29) is 6.04 Å². The molecular formula is C22H19F4N5O2S. The van der Waals surface area contributed by atoms with E-state index in [2.05, 4.69) is 20.8 Å². The zero-order valence-corrected chi connectivity index (χ0v) is 18.6. The maximum Gasteiger partial charge on any atom is 0.243 e. The Balaban J connectivity index is 1.38. The van der Waals surface area contributed by atoms with E-state index in [1.54, 1.807) is 25.1 Å². The molecule has 1 unspecified atom stereocenters. The molecule has 1 aliphatic carbocycles. The molecule has 0 bridgehead atoms. The molecular weight excluding hydrogens is 474 g/mol. The molecule has 2 aromatic carbocycles. The number of halogens is 4. The van der Waals surface area contributed by atoms with Gasteiger partial charge in [-0.15, -0.1) is 10.2 Å². The van der Waals surface area contributed by atoms with Gasteiger partial charge in [-0.25, -0.2) is 17.6 Å². The van der Waals surface area contributed by atoms with Gasteiger partial charge in [-0.3, -0.25) is 14.2 Å². The largest absolute Gasteiger partial charge is 0.346 e. The molecule has 34 heavy (non-hydrogen) atoms. The maximum atomic E-state index is 14.3. The summed E-state index contributed by atoms with van der Waals surface area (Å²) in [4.78, 5) is 24.5. The van der Waals surface area contributed by atoms with Crippen LogP contribution in [-0.2, 0) is 9.59 Å². The van der Waals surface area contributed by atoms with E-state index in [9.17, 15) is 27.2 Å². The third-order valence-electron chi connectivity index (χ3n) is 5.08. The summed E-state index contributed by atoms with van der Waals surface area (Å²) in [5.74, 6) is -6.00. The second kappa shape index (κ2) is 9.84. The molecule has 0 aliphatic heterocycles. The molecule has 0 radical (unpaired) electrons. The summed E-state index contributed by atoms with van der Waals surface area (Å²) < 4.78 is 56.1. The molecule has 1 heterocycles. The number of aromatic nitrogens is 3. The number of hydrogen-bond acceptors (Lipinski definition) is 5. The maximum absolute atomic E-state index is 14.3. The lowest BCUT2D eigenvalue weighted by Gasteiger charge is -2.14. The van der Waals surface area contributed by atoms with Gasteiger partial charge in [-0.2, -0.15) is 0 Å². The van der Waals surface area contributed by atoms with Crippen LogP contribution in [0.5, 0.6) is 0 Å². The summed E-state index contributed by atoms with van der Waals surface area (Å²) in [7, 11) is 0. The summed E-state index contributed by atoms with van der Waals surface area (Å²) in [6.07, 6.45) is 1.77. The number of carbonyl (C=O) groups is 2. The third-order valence-corrected chi connectivity index (χ3v) is 6.13. The van der Waals surface area contributed by atoms with Crippen molar-refractivity contribution in [3.05, 3.63) is 59.7 Å². The van der Waals surface area contributed by atoms with Gasteiger partial charge in [0.1, 0.15) is 5.82 Å². The highest BCUT2D eigenvalue weighted by atomic mass is 32.2. The predicted molar refractivity (Wildman–Crippen MR) is 117 cm³/mol.